The zero-order valence-corrected chi connectivity index (χ0v) is 12.3. The van der Waals surface area contributed by atoms with Crippen LogP contribution in [0.1, 0.15) is 25.3 Å². The van der Waals surface area contributed by atoms with E-state index in [1.165, 1.54) is 43.7 Å². The highest BCUT2D eigenvalue weighted by atomic mass is 79.9. The Morgan fingerprint density at radius 3 is 2.59 bits per heavy atom. The average molecular weight is 297 g/mol. The number of halogens is 1. The summed E-state index contributed by atoms with van der Waals surface area (Å²) in [6, 6.07) is 7.16. The zero-order chi connectivity index (χ0) is 12.3. The smallest absolute Gasteiger partial charge is 0.0356 e. The number of rotatable bonds is 3. The van der Waals surface area contributed by atoms with Gasteiger partial charge in [-0.2, -0.15) is 0 Å². The van der Waals surface area contributed by atoms with Crippen molar-refractivity contribution >= 4 is 21.6 Å². The molecule has 17 heavy (non-hydrogen) atoms. The van der Waals surface area contributed by atoms with Crippen molar-refractivity contribution in [3.63, 3.8) is 0 Å². The Kier molecular flexibility index (Phi) is 4.46. The molecule has 2 rings (SSSR count). The van der Waals surface area contributed by atoms with Crippen LogP contribution in [0.5, 0.6) is 0 Å². The Hall–Kier alpha value is -0.540. The molecule has 94 valence electrons. The first-order chi connectivity index (χ1) is 8.17. The number of benzene rings is 1. The van der Waals surface area contributed by atoms with Crippen molar-refractivity contribution in [2.24, 2.45) is 0 Å². The van der Waals surface area contributed by atoms with Gasteiger partial charge in [-0.15, -0.1) is 0 Å². The fourth-order valence-electron chi connectivity index (χ4n) is 2.45. The number of hydrogen-bond donors (Lipinski definition) is 1. The Bertz CT molecular complexity index is 350. The molecule has 0 atom stereocenters. The van der Waals surface area contributed by atoms with E-state index in [1.807, 2.05) is 0 Å². The molecule has 0 saturated carbocycles. The van der Waals surface area contributed by atoms with E-state index >= 15 is 0 Å². The van der Waals surface area contributed by atoms with Crippen LogP contribution in [0.2, 0.25) is 0 Å². The van der Waals surface area contributed by atoms with Crippen molar-refractivity contribution in [3.8, 4) is 0 Å². The minimum atomic E-state index is 0.631. The van der Waals surface area contributed by atoms with E-state index in [0.717, 1.165) is 4.47 Å². The maximum absolute atomic E-state index is 3.65. The van der Waals surface area contributed by atoms with Crippen LogP contribution in [-0.4, -0.2) is 30.6 Å². The zero-order valence-electron chi connectivity index (χ0n) is 10.7. The van der Waals surface area contributed by atoms with Crippen molar-refractivity contribution in [2.75, 3.05) is 25.0 Å². The van der Waals surface area contributed by atoms with Crippen molar-refractivity contribution < 1.29 is 0 Å². The molecule has 1 saturated heterocycles. The standard InChI is InChI=1S/C14H21BrN2/c1-3-17-6-4-13(5-7-17)16-14-9-11(2)8-12(15)10-14/h8-10,13,16H,3-7H2,1-2H3. The number of aryl methyl sites for hydroxylation is 1. The molecule has 0 spiro atoms. The van der Waals surface area contributed by atoms with Gasteiger partial charge in [0.25, 0.3) is 0 Å². The molecule has 1 aliphatic rings. The lowest BCUT2D eigenvalue weighted by Gasteiger charge is -2.32. The van der Waals surface area contributed by atoms with Gasteiger partial charge in [-0.1, -0.05) is 22.9 Å². The summed E-state index contributed by atoms with van der Waals surface area (Å²) in [5.74, 6) is 0. The second-order valence-corrected chi connectivity index (χ2v) is 5.79. The van der Waals surface area contributed by atoms with Gasteiger partial charge in [-0.25, -0.2) is 0 Å². The fraction of sp³-hybridized carbons (Fsp3) is 0.571. The molecule has 1 aromatic rings. The van der Waals surface area contributed by atoms with Crippen LogP contribution in [0.15, 0.2) is 22.7 Å². The van der Waals surface area contributed by atoms with Gasteiger partial charge in [0, 0.05) is 29.3 Å². The first-order valence-corrected chi connectivity index (χ1v) is 7.22. The van der Waals surface area contributed by atoms with Crippen molar-refractivity contribution in [1.29, 1.82) is 0 Å². The van der Waals surface area contributed by atoms with Crippen LogP contribution in [0.25, 0.3) is 0 Å². The predicted octanol–water partition coefficient (Wildman–Crippen LogP) is 3.65. The molecule has 3 heteroatoms. The molecule has 1 aliphatic heterocycles. The molecule has 1 heterocycles. The molecule has 0 unspecified atom stereocenters. The van der Waals surface area contributed by atoms with Crippen LogP contribution >= 0.6 is 15.9 Å². The third-order valence-corrected chi connectivity index (χ3v) is 3.91. The maximum atomic E-state index is 3.65. The highest BCUT2D eigenvalue weighted by Gasteiger charge is 2.17. The summed E-state index contributed by atoms with van der Waals surface area (Å²) in [6.07, 6.45) is 2.50. The highest BCUT2D eigenvalue weighted by Crippen LogP contribution is 2.22. The van der Waals surface area contributed by atoms with E-state index in [0.29, 0.717) is 6.04 Å². The van der Waals surface area contributed by atoms with Crippen molar-refractivity contribution in [3.05, 3.63) is 28.2 Å². The lowest BCUT2D eigenvalue weighted by Crippen LogP contribution is -2.38. The van der Waals surface area contributed by atoms with Gasteiger partial charge in [0.1, 0.15) is 0 Å². The topological polar surface area (TPSA) is 15.3 Å². The molecular weight excluding hydrogens is 276 g/mol. The van der Waals surface area contributed by atoms with E-state index in [4.69, 9.17) is 0 Å². The third-order valence-electron chi connectivity index (χ3n) is 3.45. The van der Waals surface area contributed by atoms with Crippen LogP contribution in [0, 0.1) is 6.92 Å². The third kappa shape index (κ3) is 3.71. The SMILES string of the molecule is CCN1CCC(Nc2cc(C)cc(Br)c2)CC1. The Balaban J connectivity index is 1.93. The summed E-state index contributed by atoms with van der Waals surface area (Å²) < 4.78 is 1.16. The Morgan fingerprint density at radius 2 is 2.00 bits per heavy atom. The molecule has 0 bridgehead atoms. The van der Waals surface area contributed by atoms with Crippen molar-refractivity contribution in [1.82, 2.24) is 4.90 Å². The quantitative estimate of drug-likeness (QED) is 0.916. The van der Waals surface area contributed by atoms with Crippen LogP contribution in [-0.2, 0) is 0 Å². The molecule has 0 aromatic heterocycles. The van der Waals surface area contributed by atoms with E-state index in [9.17, 15) is 0 Å². The lowest BCUT2D eigenvalue weighted by atomic mass is 10.0. The van der Waals surface area contributed by atoms with Gasteiger partial charge in [-0.3, -0.25) is 0 Å². The number of nitrogens with zero attached hydrogens (tertiary/aromatic N) is 1. The van der Waals surface area contributed by atoms with E-state index in [1.54, 1.807) is 0 Å². The van der Waals surface area contributed by atoms with Crippen LogP contribution in [0.3, 0.4) is 0 Å². The monoisotopic (exact) mass is 296 g/mol. The molecule has 0 radical (unpaired) electrons. The van der Waals surface area contributed by atoms with E-state index in [2.05, 4.69) is 58.2 Å². The fourth-order valence-corrected chi connectivity index (χ4v) is 3.06. The summed E-state index contributed by atoms with van der Waals surface area (Å²) in [5, 5.41) is 3.65. The molecule has 1 N–H and O–H groups in total. The molecule has 0 aliphatic carbocycles. The Morgan fingerprint density at radius 1 is 1.29 bits per heavy atom. The maximum Gasteiger partial charge on any atom is 0.0356 e. The normalized spacial score (nSPS) is 18.3. The van der Waals surface area contributed by atoms with Gasteiger partial charge in [-0.05, 0) is 50.1 Å². The average Bonchev–Trinajstić information content (AvgIpc) is 2.28. The molecule has 1 aromatic carbocycles. The van der Waals surface area contributed by atoms with Gasteiger partial charge < -0.3 is 10.2 Å². The first-order valence-electron chi connectivity index (χ1n) is 6.43. The minimum Gasteiger partial charge on any atom is -0.382 e. The number of hydrogen-bond acceptors (Lipinski definition) is 2. The first kappa shape index (κ1) is 12.9. The van der Waals surface area contributed by atoms with Crippen molar-refractivity contribution in [2.45, 2.75) is 32.7 Å². The number of nitrogens with one attached hydrogen (secondary N) is 1. The minimum absolute atomic E-state index is 0.631. The number of anilines is 1. The van der Waals surface area contributed by atoms with E-state index in [-0.39, 0.29) is 0 Å². The summed E-state index contributed by atoms with van der Waals surface area (Å²) in [5.41, 5.74) is 2.54. The molecular formula is C14H21BrN2. The molecule has 2 nitrogen and oxygen atoms in total. The number of piperidine rings is 1. The Labute approximate surface area is 113 Å². The number of likely N-dealkylation sites (tertiary alicyclic amines) is 1. The van der Waals surface area contributed by atoms with E-state index < -0.39 is 0 Å². The van der Waals surface area contributed by atoms with Gasteiger partial charge in [0.15, 0.2) is 0 Å². The molecule has 0 amide bonds. The van der Waals surface area contributed by atoms with Crippen LogP contribution in [0.4, 0.5) is 5.69 Å². The predicted molar refractivity (Wildman–Crippen MR) is 77.6 cm³/mol. The van der Waals surface area contributed by atoms with Gasteiger partial charge in [0.05, 0.1) is 0 Å². The summed E-state index contributed by atoms with van der Waals surface area (Å²) >= 11 is 3.55. The van der Waals surface area contributed by atoms with Gasteiger partial charge >= 0.3 is 0 Å². The summed E-state index contributed by atoms with van der Waals surface area (Å²) in [7, 11) is 0. The largest absolute Gasteiger partial charge is 0.382 e. The molecule has 1 fully saturated rings. The summed E-state index contributed by atoms with van der Waals surface area (Å²) in [6.45, 7) is 8.01. The second-order valence-electron chi connectivity index (χ2n) is 4.87. The second kappa shape index (κ2) is 5.87. The summed E-state index contributed by atoms with van der Waals surface area (Å²) in [4.78, 5) is 2.52. The lowest BCUT2D eigenvalue weighted by molar-refractivity contribution is 0.229. The van der Waals surface area contributed by atoms with Gasteiger partial charge in [0.2, 0.25) is 0 Å². The highest BCUT2D eigenvalue weighted by molar-refractivity contribution is 9.10. The van der Waals surface area contributed by atoms with Crippen LogP contribution < -0.4 is 5.32 Å².